The second kappa shape index (κ2) is 9.90. The largest absolute Gasteiger partial charge is 0.367 e. The van der Waals surface area contributed by atoms with Gasteiger partial charge in [-0.05, 0) is 37.6 Å². The number of nitrogens with one attached hydrogen (secondary N) is 3. The fraction of sp³-hybridized carbons (Fsp3) is 0.310. The van der Waals surface area contributed by atoms with Gasteiger partial charge in [0.15, 0.2) is 5.65 Å². The predicted molar refractivity (Wildman–Crippen MR) is 154 cm³/mol. The first-order chi connectivity index (χ1) is 18.4. The molecule has 194 valence electrons. The van der Waals surface area contributed by atoms with Crippen molar-refractivity contribution in [2.45, 2.75) is 20.3 Å². The fourth-order valence-corrected chi connectivity index (χ4v) is 5.15. The topological polar surface area (TPSA) is 102 Å². The molecule has 38 heavy (non-hydrogen) atoms. The molecule has 1 aliphatic heterocycles. The van der Waals surface area contributed by atoms with Crippen LogP contribution in [0.3, 0.4) is 0 Å². The van der Waals surface area contributed by atoms with Gasteiger partial charge in [0.25, 0.3) is 0 Å². The second-order valence-electron chi connectivity index (χ2n) is 10.6. The fourth-order valence-electron chi connectivity index (χ4n) is 5.15. The second-order valence-corrected chi connectivity index (χ2v) is 10.6. The van der Waals surface area contributed by atoms with Crippen molar-refractivity contribution in [3.63, 3.8) is 0 Å². The van der Waals surface area contributed by atoms with E-state index in [1.165, 1.54) is 0 Å². The molecule has 9 heteroatoms. The number of hydrogen-bond donors (Lipinski definition) is 3. The number of H-pyrrole nitrogens is 2. The van der Waals surface area contributed by atoms with Gasteiger partial charge in [0.1, 0.15) is 0 Å². The number of likely N-dealkylation sites (N-methyl/N-ethyl adjacent to an activating group) is 1. The molecule has 0 spiro atoms. The number of nitrogens with zero attached hydrogens (tertiary/aromatic N) is 6. The molecule has 0 atom stereocenters. The van der Waals surface area contributed by atoms with Crippen molar-refractivity contribution in [1.29, 1.82) is 0 Å². The lowest BCUT2D eigenvalue weighted by molar-refractivity contribution is 0.313. The minimum atomic E-state index is 0.537. The first-order valence-corrected chi connectivity index (χ1v) is 13.1. The van der Waals surface area contributed by atoms with Crippen LogP contribution in [0.2, 0.25) is 0 Å². The molecule has 5 aromatic rings. The summed E-state index contributed by atoms with van der Waals surface area (Å²) in [5.41, 5.74) is 8.56. The lowest BCUT2D eigenvalue weighted by Crippen LogP contribution is -2.44. The predicted octanol–water partition coefficient (Wildman–Crippen LogP) is 5.29. The molecule has 5 aromatic heterocycles. The summed E-state index contributed by atoms with van der Waals surface area (Å²) in [4.78, 5) is 21.9. The molecule has 0 radical (unpaired) electrons. The highest BCUT2D eigenvalue weighted by Crippen LogP contribution is 2.34. The number of allylic oxidation sites excluding steroid dienone is 1. The van der Waals surface area contributed by atoms with Crippen molar-refractivity contribution in [3.05, 3.63) is 61.5 Å². The van der Waals surface area contributed by atoms with Crippen LogP contribution in [0.4, 0.5) is 11.4 Å². The van der Waals surface area contributed by atoms with Crippen molar-refractivity contribution < 1.29 is 0 Å². The zero-order valence-electron chi connectivity index (χ0n) is 22.1. The third kappa shape index (κ3) is 4.72. The molecular formula is C29H33N9. The zero-order valence-corrected chi connectivity index (χ0v) is 22.1. The lowest BCUT2D eigenvalue weighted by Gasteiger charge is -2.34. The van der Waals surface area contributed by atoms with E-state index < -0.39 is 0 Å². The molecule has 0 unspecified atom stereocenters. The molecule has 0 aliphatic carbocycles. The summed E-state index contributed by atoms with van der Waals surface area (Å²) in [5, 5.41) is 13.2. The average Bonchev–Trinajstić information content (AvgIpc) is 3.52. The Bertz CT molecular complexity index is 1610. The van der Waals surface area contributed by atoms with Crippen LogP contribution in [-0.4, -0.2) is 68.3 Å². The van der Waals surface area contributed by atoms with Gasteiger partial charge >= 0.3 is 0 Å². The number of rotatable bonds is 7. The Morgan fingerprint density at radius 3 is 2.58 bits per heavy atom. The summed E-state index contributed by atoms with van der Waals surface area (Å²) in [6.45, 7) is 12.6. The number of hydrogen-bond acceptors (Lipinski definition) is 7. The molecule has 1 aliphatic rings. The minimum Gasteiger partial charge on any atom is -0.367 e. The van der Waals surface area contributed by atoms with Gasteiger partial charge in [-0.1, -0.05) is 20.4 Å². The lowest BCUT2D eigenvalue weighted by atomic mass is 10.1. The normalized spacial score (nSPS) is 14.6. The maximum absolute atomic E-state index is 4.64. The molecule has 0 bridgehead atoms. The van der Waals surface area contributed by atoms with Gasteiger partial charge in [-0.15, -0.1) is 0 Å². The number of aromatic amines is 2. The average molecular weight is 508 g/mol. The Morgan fingerprint density at radius 2 is 1.76 bits per heavy atom. The SMILES string of the molecule is C=C(CC(C)C)Nc1cncc(-c2cnc3n[nH]c(-c4cc5c(N6CCN(C)CC6)cncc5[nH]4)c3c2)c1. The molecule has 1 fully saturated rings. The third-order valence-electron chi connectivity index (χ3n) is 7.09. The van der Waals surface area contributed by atoms with Crippen molar-refractivity contribution in [3.8, 4) is 22.5 Å². The Morgan fingerprint density at radius 1 is 0.974 bits per heavy atom. The number of aromatic nitrogens is 6. The number of fused-ring (bicyclic) bond motifs is 2. The molecule has 6 rings (SSSR count). The molecule has 1 saturated heterocycles. The maximum Gasteiger partial charge on any atom is 0.181 e. The zero-order chi connectivity index (χ0) is 26.2. The van der Waals surface area contributed by atoms with Gasteiger partial charge in [0, 0.05) is 66.2 Å². The molecule has 0 amide bonds. The molecular weight excluding hydrogens is 474 g/mol. The van der Waals surface area contributed by atoms with Crippen molar-refractivity contribution in [1.82, 2.24) is 35.0 Å². The first-order valence-electron chi connectivity index (χ1n) is 13.1. The number of piperazine rings is 1. The van der Waals surface area contributed by atoms with Crippen LogP contribution in [0.1, 0.15) is 20.3 Å². The van der Waals surface area contributed by atoms with Gasteiger partial charge in [0.05, 0.1) is 46.9 Å². The quantitative estimate of drug-likeness (QED) is 0.275. The summed E-state index contributed by atoms with van der Waals surface area (Å²) >= 11 is 0. The van der Waals surface area contributed by atoms with Gasteiger partial charge in [-0.2, -0.15) is 5.10 Å². The van der Waals surface area contributed by atoms with Crippen molar-refractivity contribution in [2.24, 2.45) is 5.92 Å². The summed E-state index contributed by atoms with van der Waals surface area (Å²) in [7, 11) is 2.17. The first kappa shape index (κ1) is 24.1. The van der Waals surface area contributed by atoms with Crippen LogP contribution >= 0.6 is 0 Å². The Kier molecular flexibility index (Phi) is 6.29. The van der Waals surface area contributed by atoms with Gasteiger partial charge in [-0.3, -0.25) is 15.1 Å². The van der Waals surface area contributed by atoms with Crippen molar-refractivity contribution in [2.75, 3.05) is 43.4 Å². The van der Waals surface area contributed by atoms with Gasteiger partial charge in [0.2, 0.25) is 0 Å². The van der Waals surface area contributed by atoms with Gasteiger partial charge < -0.3 is 20.1 Å². The number of anilines is 2. The van der Waals surface area contributed by atoms with E-state index in [0.29, 0.717) is 11.6 Å². The third-order valence-corrected chi connectivity index (χ3v) is 7.09. The molecule has 9 nitrogen and oxygen atoms in total. The molecule has 0 saturated carbocycles. The minimum absolute atomic E-state index is 0.537. The summed E-state index contributed by atoms with van der Waals surface area (Å²) < 4.78 is 0. The molecule has 6 heterocycles. The maximum atomic E-state index is 4.64. The van der Waals surface area contributed by atoms with E-state index in [1.807, 2.05) is 31.0 Å². The van der Waals surface area contributed by atoms with E-state index in [2.05, 4.69) is 90.9 Å². The van der Waals surface area contributed by atoms with Crippen LogP contribution in [-0.2, 0) is 0 Å². The van der Waals surface area contributed by atoms with Crippen LogP contribution in [0.5, 0.6) is 0 Å². The van der Waals surface area contributed by atoms with E-state index in [4.69, 9.17) is 0 Å². The van der Waals surface area contributed by atoms with E-state index in [9.17, 15) is 0 Å². The molecule has 0 aromatic carbocycles. The standard InChI is InChI=1S/C29H33N9/c1-18(2)9-19(3)33-22-10-20(13-30-15-22)21-11-24-28(35-36-29(24)32-14-21)25-12-23-26(34-25)16-31-17-27(23)38-7-5-37(4)6-8-38/h10-18,33-34H,3,5-9H2,1-2,4H3,(H,32,35,36). The smallest absolute Gasteiger partial charge is 0.181 e. The van der Waals surface area contributed by atoms with Crippen LogP contribution in [0, 0.1) is 5.92 Å². The van der Waals surface area contributed by atoms with Crippen LogP contribution in [0.25, 0.3) is 44.5 Å². The highest BCUT2D eigenvalue weighted by molar-refractivity contribution is 5.99. The van der Waals surface area contributed by atoms with E-state index in [1.54, 1.807) is 0 Å². The highest BCUT2D eigenvalue weighted by atomic mass is 15.3. The monoisotopic (exact) mass is 507 g/mol. The van der Waals surface area contributed by atoms with Crippen LogP contribution in [0.15, 0.2) is 61.5 Å². The van der Waals surface area contributed by atoms with E-state index in [0.717, 1.165) is 88.5 Å². The van der Waals surface area contributed by atoms with Crippen LogP contribution < -0.4 is 10.2 Å². The van der Waals surface area contributed by atoms with Gasteiger partial charge in [-0.25, -0.2) is 4.98 Å². The summed E-state index contributed by atoms with van der Waals surface area (Å²) in [5.74, 6) is 0.537. The highest BCUT2D eigenvalue weighted by Gasteiger charge is 2.19. The summed E-state index contributed by atoms with van der Waals surface area (Å²) in [6.07, 6.45) is 10.3. The van der Waals surface area contributed by atoms with E-state index in [-0.39, 0.29) is 0 Å². The Hall–Kier alpha value is -4.24. The summed E-state index contributed by atoms with van der Waals surface area (Å²) in [6, 6.07) is 6.39. The molecule has 3 N–H and O–H groups in total. The Labute approximate surface area is 222 Å². The number of pyridine rings is 3. The van der Waals surface area contributed by atoms with Crippen molar-refractivity contribution >= 4 is 33.3 Å². The Balaban J connectivity index is 1.34. The van der Waals surface area contributed by atoms with E-state index >= 15 is 0 Å².